The van der Waals surface area contributed by atoms with Crippen molar-refractivity contribution in [3.63, 3.8) is 0 Å². The van der Waals surface area contributed by atoms with E-state index in [0.29, 0.717) is 0 Å². The molecule has 1 heteroatoms. The van der Waals surface area contributed by atoms with Crippen LogP contribution >= 0.6 is 0 Å². The largest absolute Gasteiger partial charge is 0.253 e. The van der Waals surface area contributed by atoms with Crippen LogP contribution in [0.2, 0.25) is 0 Å². The van der Waals surface area contributed by atoms with Crippen molar-refractivity contribution in [1.29, 1.82) is 0 Å². The van der Waals surface area contributed by atoms with E-state index in [1.54, 1.807) is 0 Å². The molecule has 1 aromatic heterocycles. The standard InChI is InChI=1S/C14H17N/c1-4-5-13-7-6-12-9-10(2)8-11(3)14(12)15-13/h6-9H,4-5H2,1-3H3. The molecule has 1 nitrogen and oxygen atoms in total. The summed E-state index contributed by atoms with van der Waals surface area (Å²) in [6, 6.07) is 8.73. The Morgan fingerprint density at radius 2 is 1.93 bits per heavy atom. The van der Waals surface area contributed by atoms with Gasteiger partial charge < -0.3 is 0 Å². The van der Waals surface area contributed by atoms with E-state index in [4.69, 9.17) is 4.98 Å². The summed E-state index contributed by atoms with van der Waals surface area (Å²) in [6.07, 6.45) is 2.23. The van der Waals surface area contributed by atoms with E-state index in [9.17, 15) is 0 Å². The Morgan fingerprint density at radius 3 is 2.67 bits per heavy atom. The number of hydrogen-bond donors (Lipinski definition) is 0. The molecular weight excluding hydrogens is 182 g/mol. The van der Waals surface area contributed by atoms with Gasteiger partial charge in [0.2, 0.25) is 0 Å². The van der Waals surface area contributed by atoms with Crippen LogP contribution in [0.25, 0.3) is 10.9 Å². The Morgan fingerprint density at radius 1 is 1.13 bits per heavy atom. The molecular formula is C14H17N. The second-order valence-corrected chi connectivity index (χ2v) is 4.21. The van der Waals surface area contributed by atoms with Gasteiger partial charge in [0.15, 0.2) is 0 Å². The van der Waals surface area contributed by atoms with Crippen LogP contribution in [0.1, 0.15) is 30.2 Å². The third kappa shape index (κ3) is 2.01. The zero-order chi connectivity index (χ0) is 10.8. The number of hydrogen-bond acceptors (Lipinski definition) is 1. The molecule has 0 atom stereocenters. The predicted molar refractivity (Wildman–Crippen MR) is 65.2 cm³/mol. The first-order chi connectivity index (χ1) is 7.20. The van der Waals surface area contributed by atoms with E-state index >= 15 is 0 Å². The molecule has 2 aromatic rings. The molecule has 1 heterocycles. The Kier molecular flexibility index (Phi) is 2.72. The second kappa shape index (κ2) is 4.01. The summed E-state index contributed by atoms with van der Waals surface area (Å²) in [6.45, 7) is 6.46. The maximum absolute atomic E-state index is 4.71. The van der Waals surface area contributed by atoms with Gasteiger partial charge in [0.25, 0.3) is 0 Å². The molecule has 2 rings (SSSR count). The molecule has 0 saturated heterocycles. The van der Waals surface area contributed by atoms with Crippen LogP contribution in [0.5, 0.6) is 0 Å². The van der Waals surface area contributed by atoms with Crippen LogP contribution in [0.3, 0.4) is 0 Å². The molecule has 0 amide bonds. The summed E-state index contributed by atoms with van der Waals surface area (Å²) in [5, 5.41) is 1.26. The molecule has 15 heavy (non-hydrogen) atoms. The average Bonchev–Trinajstić information content (AvgIpc) is 2.19. The molecule has 0 radical (unpaired) electrons. The molecule has 0 fully saturated rings. The molecule has 0 aliphatic heterocycles. The van der Waals surface area contributed by atoms with Crippen molar-refractivity contribution < 1.29 is 0 Å². The number of nitrogens with zero attached hydrogens (tertiary/aromatic N) is 1. The van der Waals surface area contributed by atoms with Gasteiger partial charge in [-0.25, -0.2) is 0 Å². The van der Waals surface area contributed by atoms with E-state index in [2.05, 4.69) is 45.0 Å². The highest BCUT2D eigenvalue weighted by molar-refractivity contribution is 5.82. The van der Waals surface area contributed by atoms with Gasteiger partial charge in [-0.1, -0.05) is 31.0 Å². The summed E-state index contributed by atoms with van der Waals surface area (Å²) in [5.74, 6) is 0. The predicted octanol–water partition coefficient (Wildman–Crippen LogP) is 3.80. The van der Waals surface area contributed by atoms with E-state index in [-0.39, 0.29) is 0 Å². The van der Waals surface area contributed by atoms with Gasteiger partial charge in [0.1, 0.15) is 0 Å². The fraction of sp³-hybridized carbons (Fsp3) is 0.357. The van der Waals surface area contributed by atoms with Crippen LogP contribution in [-0.2, 0) is 6.42 Å². The molecule has 0 bridgehead atoms. The summed E-state index contributed by atoms with van der Waals surface area (Å²) in [5.41, 5.74) is 4.96. The lowest BCUT2D eigenvalue weighted by molar-refractivity contribution is 0.889. The number of aromatic nitrogens is 1. The lowest BCUT2D eigenvalue weighted by Crippen LogP contribution is -1.92. The van der Waals surface area contributed by atoms with E-state index in [1.807, 2.05) is 0 Å². The molecule has 0 aliphatic rings. The monoisotopic (exact) mass is 199 g/mol. The molecule has 0 saturated carbocycles. The van der Waals surface area contributed by atoms with Crippen molar-refractivity contribution in [2.45, 2.75) is 33.6 Å². The Hall–Kier alpha value is -1.37. The highest BCUT2D eigenvalue weighted by Crippen LogP contribution is 2.19. The van der Waals surface area contributed by atoms with Gasteiger partial charge in [-0.15, -0.1) is 0 Å². The minimum absolute atomic E-state index is 1.07. The van der Waals surface area contributed by atoms with Crippen molar-refractivity contribution in [3.05, 3.63) is 41.1 Å². The van der Waals surface area contributed by atoms with Gasteiger partial charge in [0.05, 0.1) is 5.52 Å². The minimum Gasteiger partial charge on any atom is -0.253 e. The molecule has 0 N–H and O–H groups in total. The summed E-state index contributed by atoms with van der Waals surface area (Å²) < 4.78 is 0. The highest BCUT2D eigenvalue weighted by atomic mass is 14.7. The van der Waals surface area contributed by atoms with Crippen molar-refractivity contribution in [2.75, 3.05) is 0 Å². The van der Waals surface area contributed by atoms with Crippen molar-refractivity contribution in [2.24, 2.45) is 0 Å². The highest BCUT2D eigenvalue weighted by Gasteiger charge is 2.01. The zero-order valence-corrected chi connectivity index (χ0v) is 9.67. The van der Waals surface area contributed by atoms with Crippen LogP contribution in [-0.4, -0.2) is 4.98 Å². The van der Waals surface area contributed by atoms with Gasteiger partial charge in [-0.2, -0.15) is 0 Å². The fourth-order valence-electron chi connectivity index (χ4n) is 2.03. The Labute approximate surface area is 91.2 Å². The number of fused-ring (bicyclic) bond motifs is 1. The van der Waals surface area contributed by atoms with E-state index in [0.717, 1.165) is 18.4 Å². The zero-order valence-electron chi connectivity index (χ0n) is 9.67. The minimum atomic E-state index is 1.07. The summed E-state index contributed by atoms with van der Waals surface area (Å²) in [7, 11) is 0. The van der Waals surface area contributed by atoms with Crippen LogP contribution in [0.15, 0.2) is 24.3 Å². The molecule has 1 aromatic carbocycles. The van der Waals surface area contributed by atoms with Crippen molar-refractivity contribution in [3.8, 4) is 0 Å². The van der Waals surface area contributed by atoms with Crippen LogP contribution in [0, 0.1) is 13.8 Å². The topological polar surface area (TPSA) is 12.9 Å². The van der Waals surface area contributed by atoms with Gasteiger partial charge in [-0.3, -0.25) is 4.98 Å². The Balaban J connectivity index is 2.60. The summed E-state index contributed by atoms with van der Waals surface area (Å²) in [4.78, 5) is 4.71. The number of rotatable bonds is 2. The number of aryl methyl sites for hydroxylation is 3. The molecule has 0 aliphatic carbocycles. The first kappa shape index (κ1) is 10.2. The van der Waals surface area contributed by atoms with Gasteiger partial charge in [-0.05, 0) is 38.0 Å². The molecule has 0 spiro atoms. The molecule has 0 unspecified atom stereocenters. The van der Waals surface area contributed by atoms with Crippen LogP contribution < -0.4 is 0 Å². The number of benzene rings is 1. The fourth-order valence-corrected chi connectivity index (χ4v) is 2.03. The molecule has 78 valence electrons. The lowest BCUT2D eigenvalue weighted by atomic mass is 10.1. The third-order valence-corrected chi connectivity index (χ3v) is 2.69. The Bertz CT molecular complexity index is 486. The third-order valence-electron chi connectivity index (χ3n) is 2.69. The first-order valence-electron chi connectivity index (χ1n) is 5.57. The van der Waals surface area contributed by atoms with Crippen molar-refractivity contribution in [1.82, 2.24) is 4.98 Å². The quantitative estimate of drug-likeness (QED) is 0.716. The normalized spacial score (nSPS) is 10.9. The second-order valence-electron chi connectivity index (χ2n) is 4.21. The van der Waals surface area contributed by atoms with Crippen molar-refractivity contribution >= 4 is 10.9 Å². The smallest absolute Gasteiger partial charge is 0.0734 e. The van der Waals surface area contributed by atoms with E-state index < -0.39 is 0 Å². The summed E-state index contributed by atoms with van der Waals surface area (Å²) >= 11 is 0. The van der Waals surface area contributed by atoms with Gasteiger partial charge in [0, 0.05) is 11.1 Å². The lowest BCUT2D eigenvalue weighted by Gasteiger charge is -2.05. The SMILES string of the molecule is CCCc1ccc2cc(C)cc(C)c2n1. The van der Waals surface area contributed by atoms with E-state index in [1.165, 1.54) is 22.2 Å². The maximum Gasteiger partial charge on any atom is 0.0734 e. The number of pyridine rings is 1. The average molecular weight is 199 g/mol. The van der Waals surface area contributed by atoms with Crippen LogP contribution in [0.4, 0.5) is 0 Å². The maximum atomic E-state index is 4.71. The first-order valence-corrected chi connectivity index (χ1v) is 5.57. The van der Waals surface area contributed by atoms with Gasteiger partial charge >= 0.3 is 0 Å².